The van der Waals surface area contributed by atoms with E-state index < -0.39 is 0 Å². The van der Waals surface area contributed by atoms with Crippen molar-refractivity contribution in [2.45, 2.75) is 92.9 Å². The second-order valence-electron chi connectivity index (χ2n) is 6.30. The normalized spacial score (nSPS) is 16.8. The summed E-state index contributed by atoms with van der Waals surface area (Å²) >= 11 is 0. The molecule has 0 heteroatoms. The Labute approximate surface area is 117 Å². The average Bonchev–Trinajstić information content (AvgIpc) is 2.36. The summed E-state index contributed by atoms with van der Waals surface area (Å²) in [6, 6.07) is 0. The minimum atomic E-state index is 0.825. The van der Waals surface area contributed by atoms with E-state index in [2.05, 4.69) is 41.5 Å². The molecular formula is C18H37. The molecule has 1 radical (unpaired) electrons. The summed E-state index contributed by atoms with van der Waals surface area (Å²) in [5, 5.41) is 0. The van der Waals surface area contributed by atoms with Crippen molar-refractivity contribution in [3.05, 3.63) is 5.92 Å². The van der Waals surface area contributed by atoms with Crippen LogP contribution in [0.15, 0.2) is 0 Å². The molecule has 0 spiro atoms. The van der Waals surface area contributed by atoms with Gasteiger partial charge in [0.2, 0.25) is 0 Å². The molecule has 0 saturated carbocycles. The van der Waals surface area contributed by atoms with Gasteiger partial charge in [-0.3, -0.25) is 0 Å². The van der Waals surface area contributed by atoms with E-state index in [1.807, 2.05) is 0 Å². The van der Waals surface area contributed by atoms with Gasteiger partial charge in [0.25, 0.3) is 0 Å². The quantitative estimate of drug-likeness (QED) is 0.387. The summed E-state index contributed by atoms with van der Waals surface area (Å²) in [4.78, 5) is 0. The van der Waals surface area contributed by atoms with Gasteiger partial charge < -0.3 is 0 Å². The van der Waals surface area contributed by atoms with Gasteiger partial charge in [0.15, 0.2) is 0 Å². The molecule has 0 heterocycles. The van der Waals surface area contributed by atoms with E-state index in [0.29, 0.717) is 0 Å². The molecule has 0 aromatic rings. The third-order valence-electron chi connectivity index (χ3n) is 4.65. The first kappa shape index (κ1) is 18.0. The molecule has 18 heavy (non-hydrogen) atoms. The Morgan fingerprint density at radius 2 is 1.33 bits per heavy atom. The van der Waals surface area contributed by atoms with Crippen LogP contribution < -0.4 is 0 Å². The van der Waals surface area contributed by atoms with Gasteiger partial charge in [0.05, 0.1) is 0 Å². The lowest BCUT2D eigenvalue weighted by Gasteiger charge is -2.33. The van der Waals surface area contributed by atoms with Gasteiger partial charge >= 0.3 is 0 Å². The maximum absolute atomic E-state index is 2.47. The van der Waals surface area contributed by atoms with E-state index in [1.165, 1.54) is 51.4 Å². The molecule has 0 rings (SSSR count). The molecule has 3 unspecified atom stereocenters. The van der Waals surface area contributed by atoms with Crippen molar-refractivity contribution in [1.29, 1.82) is 0 Å². The van der Waals surface area contributed by atoms with Crippen molar-refractivity contribution in [3.8, 4) is 0 Å². The van der Waals surface area contributed by atoms with Gasteiger partial charge in [0.1, 0.15) is 0 Å². The average molecular weight is 253 g/mol. The summed E-state index contributed by atoms with van der Waals surface area (Å²) in [7, 11) is 0. The number of hydrogen-bond donors (Lipinski definition) is 0. The van der Waals surface area contributed by atoms with Crippen LogP contribution >= 0.6 is 0 Å². The summed E-state index contributed by atoms with van der Waals surface area (Å²) in [6.07, 6.45) is 11.0. The number of hydrogen-bond acceptors (Lipinski definition) is 0. The van der Waals surface area contributed by atoms with Crippen molar-refractivity contribution in [3.63, 3.8) is 0 Å². The lowest BCUT2D eigenvalue weighted by molar-refractivity contribution is 0.281. The van der Waals surface area contributed by atoms with Crippen LogP contribution in [0.4, 0.5) is 0 Å². The third kappa shape index (κ3) is 6.81. The van der Waals surface area contributed by atoms with Crippen LogP contribution in [0.25, 0.3) is 0 Å². The molecule has 3 atom stereocenters. The minimum Gasteiger partial charge on any atom is -0.0654 e. The lowest BCUT2D eigenvalue weighted by atomic mass is 9.72. The molecule has 0 aliphatic rings. The zero-order valence-electron chi connectivity index (χ0n) is 13.9. The zero-order valence-corrected chi connectivity index (χ0v) is 13.9. The molecule has 0 saturated heterocycles. The molecule has 0 aliphatic heterocycles. The van der Waals surface area contributed by atoms with Crippen molar-refractivity contribution >= 4 is 0 Å². The zero-order chi connectivity index (χ0) is 14.0. The molecule has 0 aromatic carbocycles. The van der Waals surface area contributed by atoms with E-state index in [0.717, 1.165) is 17.8 Å². The van der Waals surface area contributed by atoms with Gasteiger partial charge in [-0.1, -0.05) is 86.5 Å². The standard InChI is InChI=1S/C18H37/c1-7-10-13-15(4)17(6)18(14-11-8-2)16(5)12-9-3/h15-16,18H,7-14H2,1-6H3. The van der Waals surface area contributed by atoms with Crippen LogP contribution in [0.5, 0.6) is 0 Å². The fourth-order valence-corrected chi connectivity index (χ4v) is 3.14. The Hall–Kier alpha value is 0. The second-order valence-corrected chi connectivity index (χ2v) is 6.30. The Morgan fingerprint density at radius 3 is 1.83 bits per heavy atom. The first-order valence-corrected chi connectivity index (χ1v) is 8.41. The predicted molar refractivity (Wildman–Crippen MR) is 84.7 cm³/mol. The van der Waals surface area contributed by atoms with Gasteiger partial charge in [-0.2, -0.15) is 0 Å². The fraction of sp³-hybridized carbons (Fsp3) is 0.944. The van der Waals surface area contributed by atoms with Crippen LogP contribution in [0, 0.1) is 23.7 Å². The molecular weight excluding hydrogens is 216 g/mol. The van der Waals surface area contributed by atoms with Gasteiger partial charge in [-0.25, -0.2) is 0 Å². The third-order valence-corrected chi connectivity index (χ3v) is 4.65. The van der Waals surface area contributed by atoms with Crippen molar-refractivity contribution in [1.82, 2.24) is 0 Å². The number of rotatable bonds is 11. The Balaban J connectivity index is 4.40. The van der Waals surface area contributed by atoms with Gasteiger partial charge in [-0.15, -0.1) is 0 Å². The Morgan fingerprint density at radius 1 is 0.778 bits per heavy atom. The highest BCUT2D eigenvalue weighted by Gasteiger charge is 2.26. The smallest absolute Gasteiger partial charge is 0.0210 e. The monoisotopic (exact) mass is 253 g/mol. The molecule has 0 amide bonds. The highest BCUT2D eigenvalue weighted by molar-refractivity contribution is 4.98. The van der Waals surface area contributed by atoms with E-state index in [1.54, 1.807) is 5.92 Å². The highest BCUT2D eigenvalue weighted by atomic mass is 14.3. The highest BCUT2D eigenvalue weighted by Crippen LogP contribution is 2.37. The van der Waals surface area contributed by atoms with Gasteiger partial charge in [0, 0.05) is 0 Å². The van der Waals surface area contributed by atoms with Crippen LogP contribution in [-0.4, -0.2) is 0 Å². The molecule has 0 N–H and O–H groups in total. The molecule has 109 valence electrons. The SMILES string of the molecule is CCCCC(C)[C](C)C(CCCC)C(C)CCC. The fourth-order valence-electron chi connectivity index (χ4n) is 3.14. The molecule has 0 fully saturated rings. The summed E-state index contributed by atoms with van der Waals surface area (Å²) in [5.74, 6) is 4.37. The Kier molecular flexibility index (Phi) is 10.9. The van der Waals surface area contributed by atoms with Crippen molar-refractivity contribution in [2.75, 3.05) is 0 Å². The molecule has 0 nitrogen and oxygen atoms in total. The largest absolute Gasteiger partial charge is 0.0654 e. The Bertz CT molecular complexity index is 173. The summed E-state index contributed by atoms with van der Waals surface area (Å²) in [5.41, 5.74) is 0. The van der Waals surface area contributed by atoms with Crippen molar-refractivity contribution in [2.24, 2.45) is 17.8 Å². The van der Waals surface area contributed by atoms with Crippen LogP contribution in [0.1, 0.15) is 92.9 Å². The lowest BCUT2D eigenvalue weighted by Crippen LogP contribution is -2.23. The summed E-state index contributed by atoms with van der Waals surface area (Å²) in [6.45, 7) is 14.3. The van der Waals surface area contributed by atoms with Gasteiger partial charge in [-0.05, 0) is 30.1 Å². The second kappa shape index (κ2) is 10.9. The van der Waals surface area contributed by atoms with Crippen LogP contribution in [-0.2, 0) is 0 Å². The molecule has 0 aromatic heterocycles. The van der Waals surface area contributed by atoms with Crippen LogP contribution in [0.3, 0.4) is 0 Å². The topological polar surface area (TPSA) is 0 Å². The summed E-state index contributed by atoms with van der Waals surface area (Å²) < 4.78 is 0. The minimum absolute atomic E-state index is 0.825. The van der Waals surface area contributed by atoms with E-state index in [9.17, 15) is 0 Å². The predicted octanol–water partition coefficient (Wildman–Crippen LogP) is 6.65. The van der Waals surface area contributed by atoms with E-state index >= 15 is 0 Å². The number of unbranched alkanes of at least 4 members (excludes halogenated alkanes) is 2. The molecule has 0 aliphatic carbocycles. The van der Waals surface area contributed by atoms with Crippen LogP contribution in [0.2, 0.25) is 0 Å². The van der Waals surface area contributed by atoms with Crippen molar-refractivity contribution < 1.29 is 0 Å². The van der Waals surface area contributed by atoms with E-state index in [4.69, 9.17) is 0 Å². The first-order chi connectivity index (χ1) is 8.58. The maximum Gasteiger partial charge on any atom is -0.0210 e. The maximum atomic E-state index is 2.47. The van der Waals surface area contributed by atoms with E-state index in [-0.39, 0.29) is 0 Å². The first-order valence-electron chi connectivity index (χ1n) is 8.41. The molecule has 0 bridgehead atoms.